The summed E-state index contributed by atoms with van der Waals surface area (Å²) in [4.78, 5) is 29.3. The second-order valence-electron chi connectivity index (χ2n) is 7.70. The van der Waals surface area contributed by atoms with Gasteiger partial charge in [0.25, 0.3) is 0 Å². The molecular weight excluding hydrogens is 344 g/mol. The Balaban J connectivity index is 1.29. The van der Waals surface area contributed by atoms with Crippen LogP contribution in [0.4, 0.5) is 16.3 Å². The lowest BCUT2D eigenvalue weighted by atomic mass is 10.0. The Morgan fingerprint density at radius 3 is 2.74 bits per heavy atom. The van der Waals surface area contributed by atoms with Gasteiger partial charge in [0.15, 0.2) is 0 Å². The van der Waals surface area contributed by atoms with Crippen LogP contribution in [0.25, 0.3) is 0 Å². The van der Waals surface area contributed by atoms with Gasteiger partial charge in [0, 0.05) is 64.5 Å². The van der Waals surface area contributed by atoms with E-state index in [1.165, 1.54) is 11.3 Å². The molecule has 5 rings (SSSR count). The molecule has 3 aliphatic heterocycles. The van der Waals surface area contributed by atoms with Crippen LogP contribution in [0.3, 0.4) is 0 Å². The van der Waals surface area contributed by atoms with Crippen molar-refractivity contribution in [3.63, 3.8) is 0 Å². The monoisotopic (exact) mass is 368 g/mol. The van der Waals surface area contributed by atoms with Gasteiger partial charge in [-0.2, -0.15) is 5.10 Å². The van der Waals surface area contributed by atoms with Crippen molar-refractivity contribution in [1.82, 2.24) is 29.5 Å². The number of carbonyl (C=O) groups is 1. The van der Waals surface area contributed by atoms with E-state index in [1.54, 1.807) is 22.3 Å². The van der Waals surface area contributed by atoms with Crippen molar-refractivity contribution in [2.24, 2.45) is 0 Å². The van der Waals surface area contributed by atoms with Gasteiger partial charge in [-0.3, -0.25) is 9.58 Å². The number of hydrogen-bond acceptors (Lipinski definition) is 6. The minimum atomic E-state index is 0.0431. The third-order valence-corrected chi connectivity index (χ3v) is 5.82. The number of nitrogens with zero attached hydrogens (tertiary/aromatic N) is 8. The maximum Gasteiger partial charge on any atom is 0.324 e. The molecule has 0 unspecified atom stereocenters. The molecule has 142 valence electrons. The van der Waals surface area contributed by atoms with E-state index in [1.807, 2.05) is 17.9 Å². The molecule has 9 nitrogen and oxygen atoms in total. The number of aromatic nitrogens is 4. The fraction of sp³-hybridized carbons (Fsp3) is 0.556. The average molecular weight is 368 g/mol. The summed E-state index contributed by atoms with van der Waals surface area (Å²) in [5, 5.41) is 4.51. The average Bonchev–Trinajstić information content (AvgIpc) is 3.22. The SMILES string of the molecule is CN1CCc2ncnc(N3CC(n4cc(N5CCN(C)C5=O)cn4)C3)c2C1. The summed E-state index contributed by atoms with van der Waals surface area (Å²) in [6, 6.07) is 0.350. The Labute approximate surface area is 158 Å². The normalized spacial score (nSPS) is 21.0. The molecule has 3 aliphatic rings. The van der Waals surface area contributed by atoms with Gasteiger partial charge in [-0.15, -0.1) is 0 Å². The maximum atomic E-state index is 12.2. The summed E-state index contributed by atoms with van der Waals surface area (Å²) in [5.74, 6) is 1.06. The minimum Gasteiger partial charge on any atom is -0.352 e. The molecular formula is C18H24N8O. The fourth-order valence-corrected chi connectivity index (χ4v) is 4.08. The van der Waals surface area contributed by atoms with E-state index in [-0.39, 0.29) is 6.03 Å². The summed E-state index contributed by atoms with van der Waals surface area (Å²) < 4.78 is 1.98. The Morgan fingerprint density at radius 2 is 1.96 bits per heavy atom. The summed E-state index contributed by atoms with van der Waals surface area (Å²) in [6.45, 7) is 5.19. The zero-order chi connectivity index (χ0) is 18.5. The molecule has 0 atom stereocenters. The molecule has 0 aliphatic carbocycles. The highest BCUT2D eigenvalue weighted by atomic mass is 16.2. The summed E-state index contributed by atoms with van der Waals surface area (Å²) in [5.41, 5.74) is 3.32. The molecule has 2 aromatic rings. The second kappa shape index (κ2) is 6.19. The third kappa shape index (κ3) is 2.73. The van der Waals surface area contributed by atoms with Gasteiger partial charge in [0.2, 0.25) is 0 Å². The van der Waals surface area contributed by atoms with Crippen LogP contribution in [0.5, 0.6) is 0 Å². The predicted molar refractivity (Wildman–Crippen MR) is 101 cm³/mol. The molecule has 2 saturated heterocycles. The molecule has 9 heteroatoms. The molecule has 0 aromatic carbocycles. The van der Waals surface area contributed by atoms with Crippen molar-refractivity contribution in [2.75, 3.05) is 56.6 Å². The molecule has 0 bridgehead atoms. The van der Waals surface area contributed by atoms with Crippen LogP contribution in [0.1, 0.15) is 17.3 Å². The standard InChI is InChI=1S/C18H24N8O/c1-22-4-3-16-15(11-22)17(20-12-19-16)24-8-14(9-24)26-10-13(7-21-26)25-6-5-23(2)18(25)27/h7,10,12,14H,3-6,8-9,11H2,1-2H3. The Hall–Kier alpha value is -2.68. The van der Waals surface area contributed by atoms with Crippen LogP contribution in [-0.2, 0) is 13.0 Å². The Bertz CT molecular complexity index is 874. The smallest absolute Gasteiger partial charge is 0.324 e. The fourth-order valence-electron chi connectivity index (χ4n) is 4.08. The number of likely N-dealkylation sites (N-methyl/N-ethyl adjacent to an activating group) is 2. The lowest BCUT2D eigenvalue weighted by Gasteiger charge is -2.41. The van der Waals surface area contributed by atoms with Gasteiger partial charge in [0.05, 0.1) is 23.6 Å². The highest BCUT2D eigenvalue weighted by Gasteiger charge is 2.34. The first-order chi connectivity index (χ1) is 13.1. The quantitative estimate of drug-likeness (QED) is 0.790. The lowest BCUT2D eigenvalue weighted by Crippen LogP contribution is -2.49. The number of rotatable bonds is 3. The van der Waals surface area contributed by atoms with Gasteiger partial charge in [0.1, 0.15) is 12.1 Å². The molecule has 0 saturated carbocycles. The first kappa shape index (κ1) is 16.5. The van der Waals surface area contributed by atoms with E-state index in [9.17, 15) is 4.79 Å². The molecule has 2 fully saturated rings. The second-order valence-corrected chi connectivity index (χ2v) is 7.70. The number of anilines is 2. The van der Waals surface area contributed by atoms with Crippen LogP contribution in [0.2, 0.25) is 0 Å². The number of amides is 2. The molecule has 5 heterocycles. The van der Waals surface area contributed by atoms with Crippen LogP contribution < -0.4 is 9.80 Å². The van der Waals surface area contributed by atoms with Gasteiger partial charge < -0.3 is 14.7 Å². The van der Waals surface area contributed by atoms with Crippen molar-refractivity contribution < 1.29 is 4.79 Å². The van der Waals surface area contributed by atoms with Crippen LogP contribution in [-0.4, -0.2) is 82.4 Å². The Morgan fingerprint density at radius 1 is 1.11 bits per heavy atom. The first-order valence-corrected chi connectivity index (χ1v) is 9.43. The van der Waals surface area contributed by atoms with Crippen molar-refractivity contribution in [1.29, 1.82) is 0 Å². The highest BCUT2D eigenvalue weighted by Crippen LogP contribution is 2.32. The van der Waals surface area contributed by atoms with E-state index in [4.69, 9.17) is 0 Å². The van der Waals surface area contributed by atoms with E-state index in [0.717, 1.165) is 57.2 Å². The van der Waals surface area contributed by atoms with Crippen molar-refractivity contribution >= 4 is 17.5 Å². The zero-order valence-corrected chi connectivity index (χ0v) is 15.7. The number of urea groups is 1. The number of carbonyl (C=O) groups excluding carboxylic acids is 1. The molecule has 2 aromatic heterocycles. The van der Waals surface area contributed by atoms with E-state index < -0.39 is 0 Å². The van der Waals surface area contributed by atoms with E-state index in [2.05, 4.69) is 31.9 Å². The highest BCUT2D eigenvalue weighted by molar-refractivity contribution is 5.93. The third-order valence-electron chi connectivity index (χ3n) is 5.82. The molecule has 0 N–H and O–H groups in total. The number of fused-ring (bicyclic) bond motifs is 1. The van der Waals surface area contributed by atoms with E-state index in [0.29, 0.717) is 6.04 Å². The topological polar surface area (TPSA) is 73.6 Å². The van der Waals surface area contributed by atoms with Gasteiger partial charge in [-0.1, -0.05) is 0 Å². The van der Waals surface area contributed by atoms with Crippen LogP contribution in [0, 0.1) is 0 Å². The lowest BCUT2D eigenvalue weighted by molar-refractivity contribution is 0.229. The number of hydrogen-bond donors (Lipinski definition) is 0. The summed E-state index contributed by atoms with van der Waals surface area (Å²) in [7, 11) is 3.97. The van der Waals surface area contributed by atoms with E-state index >= 15 is 0 Å². The minimum absolute atomic E-state index is 0.0431. The van der Waals surface area contributed by atoms with Crippen molar-refractivity contribution in [3.05, 3.63) is 30.0 Å². The summed E-state index contributed by atoms with van der Waals surface area (Å²) in [6.07, 6.45) is 6.46. The Kier molecular flexibility index (Phi) is 3.78. The van der Waals surface area contributed by atoms with Gasteiger partial charge in [-0.25, -0.2) is 14.8 Å². The van der Waals surface area contributed by atoms with Gasteiger partial charge in [-0.05, 0) is 7.05 Å². The molecule has 0 radical (unpaired) electrons. The molecule has 2 amide bonds. The predicted octanol–water partition coefficient (Wildman–Crippen LogP) is 0.594. The van der Waals surface area contributed by atoms with Crippen molar-refractivity contribution in [2.45, 2.75) is 19.0 Å². The first-order valence-electron chi connectivity index (χ1n) is 9.43. The molecule has 27 heavy (non-hydrogen) atoms. The maximum absolute atomic E-state index is 12.2. The zero-order valence-electron chi connectivity index (χ0n) is 15.7. The molecule has 0 spiro atoms. The summed E-state index contributed by atoms with van der Waals surface area (Å²) >= 11 is 0. The van der Waals surface area contributed by atoms with Crippen molar-refractivity contribution in [3.8, 4) is 0 Å². The largest absolute Gasteiger partial charge is 0.352 e. The van der Waals surface area contributed by atoms with Crippen LogP contribution >= 0.6 is 0 Å². The van der Waals surface area contributed by atoms with Crippen LogP contribution in [0.15, 0.2) is 18.7 Å². The van der Waals surface area contributed by atoms with Gasteiger partial charge >= 0.3 is 6.03 Å².